The van der Waals surface area contributed by atoms with Crippen LogP contribution in [0, 0.1) is 6.92 Å². The highest BCUT2D eigenvalue weighted by atomic mass is 16.5. The highest BCUT2D eigenvalue weighted by molar-refractivity contribution is 5.80. The second-order valence-corrected chi connectivity index (χ2v) is 6.91. The van der Waals surface area contributed by atoms with Crippen molar-refractivity contribution in [2.24, 2.45) is 4.99 Å². The van der Waals surface area contributed by atoms with Crippen LogP contribution in [0.4, 0.5) is 0 Å². The van der Waals surface area contributed by atoms with Crippen LogP contribution in [-0.4, -0.2) is 66.1 Å². The molecule has 0 saturated carbocycles. The van der Waals surface area contributed by atoms with Gasteiger partial charge in [0.25, 0.3) is 0 Å². The van der Waals surface area contributed by atoms with Gasteiger partial charge in [-0.05, 0) is 39.0 Å². The molecular weight excluding hydrogens is 334 g/mol. The van der Waals surface area contributed by atoms with Crippen molar-refractivity contribution in [2.45, 2.75) is 64.7 Å². The van der Waals surface area contributed by atoms with Gasteiger partial charge in [0.2, 0.25) is 5.89 Å². The molecule has 2 aliphatic rings. The third-order valence-corrected chi connectivity index (χ3v) is 4.81. The van der Waals surface area contributed by atoms with E-state index in [1.807, 2.05) is 0 Å². The van der Waals surface area contributed by atoms with Crippen LogP contribution in [0.15, 0.2) is 9.52 Å². The molecule has 0 spiro atoms. The zero-order chi connectivity index (χ0) is 18.2. The summed E-state index contributed by atoms with van der Waals surface area (Å²) in [4.78, 5) is 11.1. The van der Waals surface area contributed by atoms with Gasteiger partial charge in [0, 0.05) is 33.2 Å². The van der Waals surface area contributed by atoms with Crippen molar-refractivity contribution >= 4 is 5.96 Å². The number of nitrogens with one attached hydrogen (secondary N) is 1. The van der Waals surface area contributed by atoms with E-state index in [-0.39, 0.29) is 0 Å². The normalized spacial score (nSPS) is 22.6. The summed E-state index contributed by atoms with van der Waals surface area (Å²) in [6, 6.07) is 0. The number of piperidine rings is 1. The number of hydrogen-bond acceptors (Lipinski definition) is 6. The lowest BCUT2D eigenvalue weighted by Gasteiger charge is -2.35. The van der Waals surface area contributed by atoms with Crippen LogP contribution in [0.2, 0.25) is 0 Å². The van der Waals surface area contributed by atoms with Gasteiger partial charge in [0.15, 0.2) is 11.8 Å². The first-order valence-corrected chi connectivity index (χ1v) is 9.80. The van der Waals surface area contributed by atoms with Crippen LogP contribution in [-0.2, 0) is 16.0 Å². The molecular formula is C18H31N5O3. The minimum absolute atomic E-state index is 0.291. The number of nitrogens with zero attached hydrogens (tertiary/aromatic N) is 4. The van der Waals surface area contributed by atoms with Crippen molar-refractivity contribution < 1.29 is 14.0 Å². The minimum Gasteiger partial charge on any atom is -0.376 e. The van der Waals surface area contributed by atoms with E-state index in [1.54, 1.807) is 6.92 Å². The predicted octanol–water partition coefficient (Wildman–Crippen LogP) is 1.89. The Morgan fingerprint density at radius 2 is 2.15 bits per heavy atom. The van der Waals surface area contributed by atoms with Gasteiger partial charge in [-0.1, -0.05) is 5.16 Å². The van der Waals surface area contributed by atoms with E-state index in [1.165, 1.54) is 12.8 Å². The fraction of sp³-hybridized carbons (Fsp3) is 0.833. The largest absolute Gasteiger partial charge is 0.376 e. The topological polar surface area (TPSA) is 85.0 Å². The van der Waals surface area contributed by atoms with Gasteiger partial charge in [0.05, 0.1) is 18.8 Å². The standard InChI is InChI=1S/C18H31N5O3/c1-3-19-18(20-12-17-21-14(2)26-22-17)23-9-7-15(8-10-23)25-13-16-6-4-5-11-24-16/h15-16H,3-13H2,1-2H3,(H,19,20). The van der Waals surface area contributed by atoms with E-state index in [0.717, 1.165) is 58.1 Å². The molecule has 0 aliphatic carbocycles. The van der Waals surface area contributed by atoms with E-state index >= 15 is 0 Å². The lowest BCUT2D eigenvalue weighted by atomic mass is 10.1. The Bertz CT molecular complexity index is 563. The molecule has 0 amide bonds. The highest BCUT2D eigenvalue weighted by Gasteiger charge is 2.23. The summed E-state index contributed by atoms with van der Waals surface area (Å²) in [5, 5.41) is 7.26. The molecule has 8 heteroatoms. The molecule has 0 aromatic carbocycles. The van der Waals surface area contributed by atoms with Gasteiger partial charge in [-0.15, -0.1) is 0 Å². The quantitative estimate of drug-likeness (QED) is 0.609. The third kappa shape index (κ3) is 5.67. The van der Waals surface area contributed by atoms with Crippen LogP contribution in [0.5, 0.6) is 0 Å². The van der Waals surface area contributed by atoms with Crippen molar-refractivity contribution in [2.75, 3.05) is 32.8 Å². The Balaban J connectivity index is 1.44. The number of likely N-dealkylation sites (tertiary alicyclic amines) is 1. The van der Waals surface area contributed by atoms with Crippen LogP contribution in [0.1, 0.15) is 50.7 Å². The number of aliphatic imine (C=N–C) groups is 1. The number of aryl methyl sites for hydroxylation is 1. The van der Waals surface area contributed by atoms with Gasteiger partial charge >= 0.3 is 0 Å². The predicted molar refractivity (Wildman–Crippen MR) is 98.0 cm³/mol. The summed E-state index contributed by atoms with van der Waals surface area (Å²) in [6.45, 7) is 8.61. The van der Waals surface area contributed by atoms with E-state index in [0.29, 0.717) is 30.5 Å². The minimum atomic E-state index is 0.291. The second kappa shape index (κ2) is 9.87. The van der Waals surface area contributed by atoms with Crippen molar-refractivity contribution in [3.8, 4) is 0 Å². The first-order valence-electron chi connectivity index (χ1n) is 9.80. The lowest BCUT2D eigenvalue weighted by Crippen LogP contribution is -2.47. The number of hydrogen-bond donors (Lipinski definition) is 1. The molecule has 1 N–H and O–H groups in total. The van der Waals surface area contributed by atoms with E-state index < -0.39 is 0 Å². The Hall–Kier alpha value is -1.67. The summed E-state index contributed by atoms with van der Waals surface area (Å²) in [5.74, 6) is 2.09. The molecule has 2 aliphatic heterocycles. The van der Waals surface area contributed by atoms with Gasteiger partial charge in [-0.2, -0.15) is 4.98 Å². The van der Waals surface area contributed by atoms with Crippen molar-refractivity contribution in [3.63, 3.8) is 0 Å². The Labute approximate surface area is 155 Å². The van der Waals surface area contributed by atoms with Crippen molar-refractivity contribution in [1.82, 2.24) is 20.4 Å². The summed E-state index contributed by atoms with van der Waals surface area (Å²) in [5.41, 5.74) is 0. The zero-order valence-corrected chi connectivity index (χ0v) is 15.9. The van der Waals surface area contributed by atoms with E-state index in [4.69, 9.17) is 14.0 Å². The van der Waals surface area contributed by atoms with Crippen molar-refractivity contribution in [3.05, 3.63) is 11.7 Å². The molecule has 0 radical (unpaired) electrons. The smallest absolute Gasteiger partial charge is 0.223 e. The molecule has 3 rings (SSSR count). The van der Waals surface area contributed by atoms with Gasteiger partial charge in [-0.3, -0.25) is 0 Å². The Morgan fingerprint density at radius 1 is 1.31 bits per heavy atom. The van der Waals surface area contributed by atoms with E-state index in [9.17, 15) is 0 Å². The van der Waals surface area contributed by atoms with Gasteiger partial charge in [-0.25, -0.2) is 4.99 Å². The maximum absolute atomic E-state index is 6.10. The van der Waals surface area contributed by atoms with Crippen LogP contribution < -0.4 is 5.32 Å². The van der Waals surface area contributed by atoms with Gasteiger partial charge in [0.1, 0.15) is 6.54 Å². The maximum Gasteiger partial charge on any atom is 0.223 e. The lowest BCUT2D eigenvalue weighted by molar-refractivity contribution is -0.0721. The fourth-order valence-electron chi connectivity index (χ4n) is 3.39. The summed E-state index contributed by atoms with van der Waals surface area (Å²) in [6.07, 6.45) is 6.21. The molecule has 0 bridgehead atoms. The first kappa shape index (κ1) is 19.1. The first-order chi connectivity index (χ1) is 12.7. The SMILES string of the molecule is CCNC(=NCc1noc(C)n1)N1CCC(OCC2CCCCO2)CC1. The molecule has 1 aromatic rings. The maximum atomic E-state index is 6.10. The molecule has 1 unspecified atom stereocenters. The fourth-order valence-corrected chi connectivity index (χ4v) is 3.39. The summed E-state index contributed by atoms with van der Waals surface area (Å²) < 4.78 is 16.9. The Morgan fingerprint density at radius 3 is 2.81 bits per heavy atom. The average Bonchev–Trinajstić information content (AvgIpc) is 3.10. The summed E-state index contributed by atoms with van der Waals surface area (Å²) in [7, 11) is 0. The van der Waals surface area contributed by atoms with Gasteiger partial charge < -0.3 is 24.2 Å². The number of guanidine groups is 1. The zero-order valence-electron chi connectivity index (χ0n) is 15.9. The molecule has 8 nitrogen and oxygen atoms in total. The molecule has 1 aromatic heterocycles. The summed E-state index contributed by atoms with van der Waals surface area (Å²) >= 11 is 0. The van der Waals surface area contributed by atoms with E-state index in [2.05, 4.69) is 32.3 Å². The van der Waals surface area contributed by atoms with Crippen LogP contribution in [0.25, 0.3) is 0 Å². The molecule has 2 fully saturated rings. The molecule has 2 saturated heterocycles. The third-order valence-electron chi connectivity index (χ3n) is 4.81. The highest BCUT2D eigenvalue weighted by Crippen LogP contribution is 2.18. The van der Waals surface area contributed by atoms with Crippen LogP contribution in [0.3, 0.4) is 0 Å². The molecule has 26 heavy (non-hydrogen) atoms. The monoisotopic (exact) mass is 365 g/mol. The molecule has 1 atom stereocenters. The number of rotatable bonds is 6. The number of aromatic nitrogens is 2. The average molecular weight is 365 g/mol. The second-order valence-electron chi connectivity index (χ2n) is 6.91. The molecule has 146 valence electrons. The Kier molecular flexibility index (Phi) is 7.25. The van der Waals surface area contributed by atoms with Crippen molar-refractivity contribution in [1.29, 1.82) is 0 Å². The molecule has 3 heterocycles. The van der Waals surface area contributed by atoms with Crippen LogP contribution >= 0.6 is 0 Å². The number of ether oxygens (including phenoxy) is 2.